The topological polar surface area (TPSA) is 24.9 Å². The molecular weight excluding hydrogens is 440 g/mol. The molecule has 0 amide bonds. The van der Waals surface area contributed by atoms with Crippen molar-refractivity contribution in [3.8, 4) is 5.75 Å². The summed E-state index contributed by atoms with van der Waals surface area (Å²) in [4.78, 5) is 0. The zero-order valence-electron chi connectivity index (χ0n) is 16.6. The SMILES string of the molecule is COC1=C(Cc2cc(OCc3ccccc3)c(Cl)cc2Cl)C(C(F)(F)F)N(C)N1C. The van der Waals surface area contributed by atoms with Gasteiger partial charge >= 0.3 is 6.18 Å². The van der Waals surface area contributed by atoms with Crippen molar-refractivity contribution in [1.29, 1.82) is 0 Å². The lowest BCUT2D eigenvalue weighted by molar-refractivity contribution is -0.188. The largest absolute Gasteiger partial charge is 0.487 e. The number of alkyl halides is 3. The quantitative estimate of drug-likeness (QED) is 0.552. The molecule has 2 aromatic carbocycles. The second-order valence-electron chi connectivity index (χ2n) is 6.90. The Kier molecular flexibility index (Phi) is 6.75. The van der Waals surface area contributed by atoms with Crippen LogP contribution in [0.25, 0.3) is 0 Å². The van der Waals surface area contributed by atoms with E-state index in [0.29, 0.717) is 11.3 Å². The van der Waals surface area contributed by atoms with Gasteiger partial charge in [-0.25, -0.2) is 5.01 Å². The molecule has 0 saturated heterocycles. The third kappa shape index (κ3) is 4.63. The Labute approximate surface area is 183 Å². The number of methoxy groups -OCH3 is 1. The summed E-state index contributed by atoms with van der Waals surface area (Å²) < 4.78 is 52.3. The van der Waals surface area contributed by atoms with E-state index < -0.39 is 12.2 Å². The Morgan fingerprint density at radius 2 is 1.70 bits per heavy atom. The summed E-state index contributed by atoms with van der Waals surface area (Å²) in [6, 6.07) is 10.7. The highest BCUT2D eigenvalue weighted by molar-refractivity contribution is 6.36. The molecule has 2 aromatic rings. The fourth-order valence-electron chi connectivity index (χ4n) is 3.47. The van der Waals surface area contributed by atoms with E-state index in [1.807, 2.05) is 30.3 Å². The van der Waals surface area contributed by atoms with Crippen LogP contribution in [0.15, 0.2) is 53.9 Å². The van der Waals surface area contributed by atoms with Gasteiger partial charge in [0.2, 0.25) is 5.88 Å². The summed E-state index contributed by atoms with van der Waals surface area (Å²) in [7, 11) is 4.22. The van der Waals surface area contributed by atoms with E-state index in [-0.39, 0.29) is 34.5 Å². The average molecular weight is 461 g/mol. The monoisotopic (exact) mass is 460 g/mol. The van der Waals surface area contributed by atoms with E-state index in [2.05, 4.69) is 0 Å². The molecule has 0 spiro atoms. The second-order valence-corrected chi connectivity index (χ2v) is 7.72. The first-order chi connectivity index (χ1) is 14.1. The van der Waals surface area contributed by atoms with Gasteiger partial charge in [0.25, 0.3) is 0 Å². The van der Waals surface area contributed by atoms with Crippen molar-refractivity contribution in [2.24, 2.45) is 0 Å². The molecule has 1 aliphatic rings. The number of ether oxygens (including phenoxy) is 2. The number of hydrazine groups is 1. The van der Waals surface area contributed by atoms with E-state index in [1.165, 1.54) is 32.3 Å². The van der Waals surface area contributed by atoms with Crippen molar-refractivity contribution in [3.05, 3.63) is 75.1 Å². The van der Waals surface area contributed by atoms with Crippen LogP contribution in [0.5, 0.6) is 5.75 Å². The molecule has 3 rings (SSSR count). The minimum absolute atomic E-state index is 0.0632. The highest BCUT2D eigenvalue weighted by Crippen LogP contribution is 2.41. The van der Waals surface area contributed by atoms with Crippen molar-refractivity contribution >= 4 is 23.2 Å². The van der Waals surface area contributed by atoms with Gasteiger partial charge in [0.15, 0.2) is 6.04 Å². The molecule has 30 heavy (non-hydrogen) atoms. The number of benzene rings is 2. The fourth-order valence-corrected chi connectivity index (χ4v) is 3.97. The molecule has 9 heteroatoms. The Morgan fingerprint density at radius 3 is 2.30 bits per heavy atom. The molecule has 0 fully saturated rings. The van der Waals surface area contributed by atoms with Crippen molar-refractivity contribution in [1.82, 2.24) is 10.0 Å². The minimum atomic E-state index is -4.48. The molecule has 0 N–H and O–H groups in total. The molecule has 162 valence electrons. The van der Waals surface area contributed by atoms with Gasteiger partial charge in [0, 0.05) is 31.1 Å². The van der Waals surface area contributed by atoms with Crippen LogP contribution in [0.1, 0.15) is 11.1 Å². The molecule has 4 nitrogen and oxygen atoms in total. The Hall–Kier alpha value is -2.09. The van der Waals surface area contributed by atoms with E-state index in [1.54, 1.807) is 6.07 Å². The Morgan fingerprint density at radius 1 is 1.03 bits per heavy atom. The van der Waals surface area contributed by atoms with Crippen LogP contribution in [0.3, 0.4) is 0 Å². The Bertz CT molecular complexity index is 936. The molecule has 0 aromatic heterocycles. The first kappa shape index (κ1) is 22.6. The van der Waals surface area contributed by atoms with Crippen LogP contribution in [0.4, 0.5) is 13.2 Å². The molecule has 1 heterocycles. The third-order valence-electron chi connectivity index (χ3n) is 4.97. The minimum Gasteiger partial charge on any atom is -0.487 e. The van der Waals surface area contributed by atoms with E-state index >= 15 is 0 Å². The summed E-state index contributed by atoms with van der Waals surface area (Å²) in [6.45, 7) is 0.268. The van der Waals surface area contributed by atoms with Gasteiger partial charge in [0.1, 0.15) is 12.4 Å². The van der Waals surface area contributed by atoms with Gasteiger partial charge in [-0.05, 0) is 23.3 Å². The summed E-state index contributed by atoms with van der Waals surface area (Å²) in [5, 5.41) is 2.97. The van der Waals surface area contributed by atoms with Crippen molar-refractivity contribution in [2.75, 3.05) is 21.2 Å². The maximum absolute atomic E-state index is 13.8. The standard InChI is InChI=1S/C21H21Cl2F3N2O2/c1-27-19(21(24,25)26)15(20(29-3)28(27)2)9-14-10-18(17(23)11-16(14)22)30-12-13-7-5-4-6-8-13/h4-8,10-11,19H,9,12H2,1-3H3. The zero-order chi connectivity index (χ0) is 22.1. The predicted octanol–water partition coefficient (Wildman–Crippen LogP) is 5.70. The first-order valence-corrected chi connectivity index (χ1v) is 9.84. The van der Waals surface area contributed by atoms with Crippen LogP contribution in [-0.2, 0) is 17.8 Å². The number of nitrogens with zero attached hydrogens (tertiary/aromatic N) is 2. The number of hydrogen-bond donors (Lipinski definition) is 0. The second kappa shape index (κ2) is 8.96. The van der Waals surface area contributed by atoms with E-state index in [9.17, 15) is 13.2 Å². The van der Waals surface area contributed by atoms with Gasteiger partial charge in [-0.1, -0.05) is 53.5 Å². The maximum atomic E-state index is 13.8. The van der Waals surface area contributed by atoms with Crippen LogP contribution in [-0.4, -0.2) is 43.4 Å². The predicted molar refractivity (Wildman–Crippen MR) is 110 cm³/mol. The lowest BCUT2D eigenvalue weighted by Gasteiger charge is -2.29. The number of rotatable bonds is 6. The number of likely N-dealkylation sites (N-methyl/N-ethyl adjacent to an activating group) is 1. The molecule has 0 saturated carbocycles. The lowest BCUT2D eigenvalue weighted by atomic mass is 9.99. The van der Waals surface area contributed by atoms with Gasteiger partial charge in [-0.2, -0.15) is 13.2 Å². The summed E-state index contributed by atoms with van der Waals surface area (Å²) >= 11 is 12.6. The zero-order valence-corrected chi connectivity index (χ0v) is 18.1. The molecule has 1 aliphatic heterocycles. The van der Waals surface area contributed by atoms with Gasteiger partial charge in [-0.3, -0.25) is 5.01 Å². The molecule has 1 unspecified atom stereocenters. The van der Waals surface area contributed by atoms with Gasteiger partial charge < -0.3 is 9.47 Å². The maximum Gasteiger partial charge on any atom is 0.409 e. The van der Waals surface area contributed by atoms with E-state index in [0.717, 1.165) is 10.6 Å². The van der Waals surface area contributed by atoms with Crippen LogP contribution < -0.4 is 4.74 Å². The molecule has 0 bridgehead atoms. The molecule has 1 atom stereocenters. The normalized spacial score (nSPS) is 17.6. The smallest absolute Gasteiger partial charge is 0.409 e. The summed E-state index contributed by atoms with van der Waals surface area (Å²) in [5.41, 5.74) is 1.46. The molecule has 0 radical (unpaired) electrons. The van der Waals surface area contributed by atoms with Crippen molar-refractivity contribution in [2.45, 2.75) is 25.2 Å². The molecular formula is C21H21Cl2F3N2O2. The lowest BCUT2D eigenvalue weighted by Crippen LogP contribution is -2.46. The van der Waals surface area contributed by atoms with Crippen LogP contribution in [0.2, 0.25) is 10.0 Å². The van der Waals surface area contributed by atoms with Gasteiger partial charge in [-0.15, -0.1) is 0 Å². The highest BCUT2D eigenvalue weighted by Gasteiger charge is 2.52. The average Bonchev–Trinajstić information content (AvgIpc) is 2.93. The van der Waals surface area contributed by atoms with E-state index in [4.69, 9.17) is 32.7 Å². The Balaban J connectivity index is 1.92. The fraction of sp³-hybridized carbons (Fsp3) is 0.333. The number of hydrogen-bond acceptors (Lipinski definition) is 4. The third-order valence-corrected chi connectivity index (χ3v) is 5.62. The molecule has 0 aliphatic carbocycles. The van der Waals surface area contributed by atoms with Crippen molar-refractivity contribution in [3.63, 3.8) is 0 Å². The first-order valence-electron chi connectivity index (χ1n) is 9.08. The van der Waals surface area contributed by atoms with Crippen molar-refractivity contribution < 1.29 is 22.6 Å². The number of halogens is 5. The highest BCUT2D eigenvalue weighted by atomic mass is 35.5. The summed E-state index contributed by atoms with van der Waals surface area (Å²) in [6.07, 6.45) is -4.55. The summed E-state index contributed by atoms with van der Waals surface area (Å²) in [5.74, 6) is 0.486. The van der Waals surface area contributed by atoms with Gasteiger partial charge in [0.05, 0.1) is 12.1 Å². The van der Waals surface area contributed by atoms with Crippen LogP contribution in [0, 0.1) is 0 Å². The van der Waals surface area contributed by atoms with Crippen LogP contribution >= 0.6 is 23.2 Å².